The summed E-state index contributed by atoms with van der Waals surface area (Å²) in [7, 11) is 0. The highest BCUT2D eigenvalue weighted by Gasteiger charge is 1.96. The van der Waals surface area contributed by atoms with Crippen molar-refractivity contribution in [3.8, 4) is 0 Å². The van der Waals surface area contributed by atoms with Crippen LogP contribution in [-0.2, 0) is 9.53 Å². The molecule has 1 aromatic rings. The van der Waals surface area contributed by atoms with E-state index < -0.39 is 0 Å². The van der Waals surface area contributed by atoms with Gasteiger partial charge < -0.3 is 4.74 Å². The molecule has 0 N–H and O–H groups in total. The quantitative estimate of drug-likeness (QED) is 0.337. The maximum Gasteiger partial charge on any atom is 0.309 e. The summed E-state index contributed by atoms with van der Waals surface area (Å²) in [5, 5.41) is 0. The molecule has 0 heterocycles. The minimum absolute atomic E-state index is 0.169. The molecular weight excluding hydrogens is 260 g/mol. The Morgan fingerprint density at radius 2 is 1.86 bits per heavy atom. The Labute approximate surface area is 128 Å². The SMILES string of the molecule is CCCCCC/C=C/CC(=O)OC/C=C/c1ccccc1. The van der Waals surface area contributed by atoms with Crippen LogP contribution in [0.3, 0.4) is 0 Å². The fourth-order valence-corrected chi connectivity index (χ4v) is 1.93. The van der Waals surface area contributed by atoms with E-state index in [1.54, 1.807) is 0 Å². The van der Waals surface area contributed by atoms with E-state index in [1.807, 2.05) is 48.6 Å². The van der Waals surface area contributed by atoms with Crippen molar-refractivity contribution in [2.24, 2.45) is 0 Å². The molecular formula is C19H26O2. The Kier molecular flexibility index (Phi) is 9.80. The fraction of sp³-hybridized carbons (Fsp3) is 0.421. The minimum atomic E-state index is -0.169. The zero-order valence-electron chi connectivity index (χ0n) is 13.0. The van der Waals surface area contributed by atoms with Crippen molar-refractivity contribution >= 4 is 12.0 Å². The maximum absolute atomic E-state index is 11.5. The van der Waals surface area contributed by atoms with Crippen LogP contribution in [0.25, 0.3) is 6.08 Å². The lowest BCUT2D eigenvalue weighted by molar-refractivity contribution is -0.141. The number of ether oxygens (including phenoxy) is 1. The van der Waals surface area contributed by atoms with Crippen molar-refractivity contribution in [3.05, 3.63) is 54.1 Å². The molecule has 0 aliphatic rings. The predicted molar refractivity (Wildman–Crippen MR) is 89.0 cm³/mol. The lowest BCUT2D eigenvalue weighted by Gasteiger charge is -1.99. The van der Waals surface area contributed by atoms with E-state index in [0.29, 0.717) is 13.0 Å². The molecule has 2 heteroatoms. The van der Waals surface area contributed by atoms with Gasteiger partial charge in [0, 0.05) is 0 Å². The number of carbonyl (C=O) groups excluding carboxylic acids is 1. The molecule has 0 amide bonds. The predicted octanol–water partition coefficient (Wildman–Crippen LogP) is 5.16. The molecule has 0 aliphatic heterocycles. The summed E-state index contributed by atoms with van der Waals surface area (Å²) in [6, 6.07) is 9.97. The van der Waals surface area contributed by atoms with Gasteiger partial charge in [0.2, 0.25) is 0 Å². The molecule has 0 saturated heterocycles. The molecule has 0 fully saturated rings. The van der Waals surface area contributed by atoms with Gasteiger partial charge in [-0.1, -0.05) is 74.7 Å². The molecule has 21 heavy (non-hydrogen) atoms. The first kappa shape index (κ1) is 17.2. The molecule has 0 bridgehead atoms. The normalized spacial score (nSPS) is 11.3. The Morgan fingerprint density at radius 1 is 1.05 bits per heavy atom. The molecule has 0 atom stereocenters. The minimum Gasteiger partial charge on any atom is -0.461 e. The largest absolute Gasteiger partial charge is 0.461 e. The second-order valence-corrected chi connectivity index (χ2v) is 5.02. The lowest BCUT2D eigenvalue weighted by Crippen LogP contribution is -2.02. The molecule has 1 rings (SSSR count). The highest BCUT2D eigenvalue weighted by Crippen LogP contribution is 2.04. The van der Waals surface area contributed by atoms with Crippen LogP contribution in [0.15, 0.2) is 48.6 Å². The second kappa shape index (κ2) is 12.0. The summed E-state index contributed by atoms with van der Waals surface area (Å²) in [5.41, 5.74) is 1.11. The molecule has 0 aliphatic carbocycles. The molecule has 0 unspecified atom stereocenters. The van der Waals surface area contributed by atoms with Crippen LogP contribution < -0.4 is 0 Å². The molecule has 0 radical (unpaired) electrons. The number of rotatable bonds is 10. The Bertz CT molecular complexity index is 432. The number of hydrogen-bond acceptors (Lipinski definition) is 2. The van der Waals surface area contributed by atoms with Gasteiger partial charge in [-0.15, -0.1) is 0 Å². The van der Waals surface area contributed by atoms with E-state index in [1.165, 1.54) is 25.7 Å². The van der Waals surface area contributed by atoms with Gasteiger partial charge >= 0.3 is 5.97 Å². The maximum atomic E-state index is 11.5. The summed E-state index contributed by atoms with van der Waals surface area (Å²) in [4.78, 5) is 11.5. The first-order chi connectivity index (χ1) is 10.3. The Balaban J connectivity index is 2.06. The first-order valence-electron chi connectivity index (χ1n) is 7.85. The van der Waals surface area contributed by atoms with Gasteiger partial charge in [-0.2, -0.15) is 0 Å². The first-order valence-corrected chi connectivity index (χ1v) is 7.85. The summed E-state index contributed by atoms with van der Waals surface area (Å²) >= 11 is 0. The number of esters is 1. The van der Waals surface area contributed by atoms with Gasteiger partial charge in [0.25, 0.3) is 0 Å². The standard InChI is InChI=1S/C19H26O2/c1-2-3-4-5-6-7-11-16-19(20)21-17-12-15-18-13-9-8-10-14-18/h7-15H,2-6,16-17H2,1H3/b11-7+,15-12+. The monoisotopic (exact) mass is 286 g/mol. The van der Waals surface area contributed by atoms with E-state index in [9.17, 15) is 4.79 Å². The average molecular weight is 286 g/mol. The molecule has 0 saturated carbocycles. The molecule has 1 aromatic carbocycles. The van der Waals surface area contributed by atoms with E-state index in [4.69, 9.17) is 4.74 Å². The third-order valence-electron chi connectivity index (χ3n) is 3.13. The topological polar surface area (TPSA) is 26.3 Å². The number of allylic oxidation sites excluding steroid dienone is 1. The van der Waals surface area contributed by atoms with Crippen molar-refractivity contribution in [3.63, 3.8) is 0 Å². The van der Waals surface area contributed by atoms with Crippen LogP contribution in [0.5, 0.6) is 0 Å². The number of unbranched alkanes of at least 4 members (excludes halogenated alkanes) is 4. The molecule has 114 valence electrons. The van der Waals surface area contributed by atoms with Crippen molar-refractivity contribution in [2.75, 3.05) is 6.61 Å². The van der Waals surface area contributed by atoms with E-state index in [2.05, 4.69) is 13.0 Å². The van der Waals surface area contributed by atoms with Crippen molar-refractivity contribution < 1.29 is 9.53 Å². The molecule has 2 nitrogen and oxygen atoms in total. The van der Waals surface area contributed by atoms with Gasteiger partial charge in [0.1, 0.15) is 6.61 Å². The van der Waals surface area contributed by atoms with Crippen LogP contribution >= 0.6 is 0 Å². The highest BCUT2D eigenvalue weighted by molar-refractivity contribution is 5.71. The van der Waals surface area contributed by atoms with Crippen molar-refractivity contribution in [1.82, 2.24) is 0 Å². The van der Waals surface area contributed by atoms with Crippen LogP contribution in [0.2, 0.25) is 0 Å². The van der Waals surface area contributed by atoms with Gasteiger partial charge in [-0.25, -0.2) is 0 Å². The van der Waals surface area contributed by atoms with Gasteiger partial charge in [0.15, 0.2) is 0 Å². The second-order valence-electron chi connectivity index (χ2n) is 5.02. The Morgan fingerprint density at radius 3 is 2.62 bits per heavy atom. The third kappa shape index (κ3) is 9.67. The van der Waals surface area contributed by atoms with Gasteiger partial charge in [-0.05, 0) is 24.5 Å². The van der Waals surface area contributed by atoms with E-state index in [0.717, 1.165) is 12.0 Å². The van der Waals surface area contributed by atoms with Crippen molar-refractivity contribution in [1.29, 1.82) is 0 Å². The number of benzene rings is 1. The third-order valence-corrected chi connectivity index (χ3v) is 3.13. The van der Waals surface area contributed by atoms with Crippen LogP contribution in [-0.4, -0.2) is 12.6 Å². The number of carbonyl (C=O) groups is 1. The fourth-order valence-electron chi connectivity index (χ4n) is 1.93. The molecule has 0 spiro atoms. The average Bonchev–Trinajstić information content (AvgIpc) is 2.52. The van der Waals surface area contributed by atoms with Crippen molar-refractivity contribution in [2.45, 2.75) is 45.4 Å². The Hall–Kier alpha value is -1.83. The smallest absolute Gasteiger partial charge is 0.309 e. The van der Waals surface area contributed by atoms with Crippen LogP contribution in [0.4, 0.5) is 0 Å². The highest BCUT2D eigenvalue weighted by atomic mass is 16.5. The zero-order chi connectivity index (χ0) is 15.2. The summed E-state index contributed by atoms with van der Waals surface area (Å²) in [6.45, 7) is 2.54. The van der Waals surface area contributed by atoms with Crippen LogP contribution in [0.1, 0.15) is 51.0 Å². The zero-order valence-corrected chi connectivity index (χ0v) is 13.0. The summed E-state index contributed by atoms with van der Waals surface area (Å²) < 4.78 is 5.13. The molecule has 0 aromatic heterocycles. The summed E-state index contributed by atoms with van der Waals surface area (Å²) in [5.74, 6) is -0.169. The van der Waals surface area contributed by atoms with Gasteiger partial charge in [-0.3, -0.25) is 4.79 Å². The van der Waals surface area contributed by atoms with Gasteiger partial charge in [0.05, 0.1) is 6.42 Å². The summed E-state index contributed by atoms with van der Waals surface area (Å²) in [6.07, 6.45) is 14.3. The van der Waals surface area contributed by atoms with Crippen LogP contribution in [0, 0.1) is 0 Å². The van der Waals surface area contributed by atoms with E-state index in [-0.39, 0.29) is 5.97 Å². The number of hydrogen-bond donors (Lipinski definition) is 0. The van der Waals surface area contributed by atoms with E-state index >= 15 is 0 Å². The lowest BCUT2D eigenvalue weighted by atomic mass is 10.1.